The van der Waals surface area contributed by atoms with Crippen molar-refractivity contribution in [3.8, 4) is 0 Å². The van der Waals surface area contributed by atoms with Gasteiger partial charge in [0.2, 0.25) is 10.0 Å². The molecule has 0 unspecified atom stereocenters. The molecule has 7 heteroatoms. The van der Waals surface area contributed by atoms with Crippen molar-refractivity contribution < 1.29 is 13.2 Å². The molecule has 0 bridgehead atoms. The third-order valence-electron chi connectivity index (χ3n) is 4.55. The molecule has 0 saturated heterocycles. The van der Waals surface area contributed by atoms with Crippen LogP contribution in [0.25, 0.3) is 0 Å². The molecule has 138 valence electrons. The number of benzene rings is 2. The molecule has 0 aliphatic heterocycles. The van der Waals surface area contributed by atoms with Gasteiger partial charge in [0.1, 0.15) is 0 Å². The van der Waals surface area contributed by atoms with Gasteiger partial charge in [0.05, 0.1) is 10.9 Å². The Labute approximate surface area is 154 Å². The summed E-state index contributed by atoms with van der Waals surface area (Å²) in [6.07, 6.45) is 2.94. The summed E-state index contributed by atoms with van der Waals surface area (Å²) in [4.78, 5) is 12.5. The molecule has 0 aromatic heterocycles. The largest absolute Gasteiger partial charge is 0.331 e. The van der Waals surface area contributed by atoms with Crippen molar-refractivity contribution in [2.45, 2.75) is 30.2 Å². The molecule has 2 aromatic rings. The number of carbonyl (C=O) groups excluding carboxylic acids is 1. The third kappa shape index (κ3) is 3.89. The van der Waals surface area contributed by atoms with Crippen molar-refractivity contribution in [1.82, 2.24) is 9.62 Å². The zero-order valence-corrected chi connectivity index (χ0v) is 15.7. The molecule has 0 heterocycles. The van der Waals surface area contributed by atoms with Crippen molar-refractivity contribution in [2.24, 2.45) is 0 Å². The highest BCUT2D eigenvalue weighted by atomic mass is 32.2. The number of hydrogen-bond acceptors (Lipinski definition) is 3. The summed E-state index contributed by atoms with van der Waals surface area (Å²) < 4.78 is 25.6. The van der Waals surface area contributed by atoms with Gasteiger partial charge in [-0.2, -0.15) is 0 Å². The number of amides is 2. The van der Waals surface area contributed by atoms with Gasteiger partial charge in [-0.05, 0) is 48.6 Å². The predicted molar refractivity (Wildman–Crippen MR) is 102 cm³/mol. The molecule has 0 fully saturated rings. The minimum atomic E-state index is -3.54. The van der Waals surface area contributed by atoms with Crippen LogP contribution >= 0.6 is 0 Å². The fraction of sp³-hybridized carbons (Fsp3) is 0.316. The Morgan fingerprint density at radius 1 is 1.12 bits per heavy atom. The number of sulfonamides is 1. The van der Waals surface area contributed by atoms with E-state index in [1.54, 1.807) is 12.1 Å². The van der Waals surface area contributed by atoms with Gasteiger partial charge in [0.15, 0.2) is 0 Å². The summed E-state index contributed by atoms with van der Waals surface area (Å²) in [6, 6.07) is 14.0. The lowest BCUT2D eigenvalue weighted by atomic mass is 9.88. The quantitative estimate of drug-likeness (QED) is 0.864. The zero-order chi connectivity index (χ0) is 18.7. The molecule has 6 nitrogen and oxygen atoms in total. The molecular formula is C19H23N3O3S. The van der Waals surface area contributed by atoms with E-state index in [0.29, 0.717) is 5.69 Å². The molecule has 2 amide bonds. The van der Waals surface area contributed by atoms with Gasteiger partial charge >= 0.3 is 6.03 Å². The fourth-order valence-electron chi connectivity index (χ4n) is 3.17. The van der Waals surface area contributed by atoms with Crippen LogP contribution in [0.2, 0.25) is 0 Å². The number of hydrogen-bond donors (Lipinski definition) is 2. The van der Waals surface area contributed by atoms with Crippen molar-refractivity contribution in [2.75, 3.05) is 19.4 Å². The molecule has 1 aliphatic rings. The summed E-state index contributed by atoms with van der Waals surface area (Å²) in [5.74, 6) is 0. The first-order valence-electron chi connectivity index (χ1n) is 8.56. The van der Waals surface area contributed by atoms with Crippen molar-refractivity contribution >= 4 is 21.7 Å². The molecule has 3 rings (SSSR count). The third-order valence-corrected chi connectivity index (χ3v) is 6.36. The summed E-state index contributed by atoms with van der Waals surface area (Å²) in [7, 11) is -0.591. The molecule has 1 aliphatic carbocycles. The number of urea groups is 1. The highest BCUT2D eigenvalue weighted by Crippen LogP contribution is 2.29. The van der Waals surface area contributed by atoms with Crippen molar-refractivity contribution in [1.29, 1.82) is 0 Å². The SMILES string of the molecule is CN(C)S(=O)(=O)c1cccc(NC(=O)N[C@@H]2CCCc3ccccc32)c1. The van der Waals surface area contributed by atoms with Crippen LogP contribution in [-0.2, 0) is 16.4 Å². The van der Waals surface area contributed by atoms with Crippen LogP contribution in [0.3, 0.4) is 0 Å². The first-order chi connectivity index (χ1) is 12.4. The maximum absolute atomic E-state index is 12.4. The summed E-state index contributed by atoms with van der Waals surface area (Å²) in [5.41, 5.74) is 2.86. The smallest absolute Gasteiger partial charge is 0.319 e. The standard InChI is InChI=1S/C19H23N3O3S/c1-22(2)26(24,25)16-10-6-9-15(13-16)20-19(23)21-18-12-5-8-14-7-3-4-11-17(14)18/h3-4,6-7,9-11,13,18H,5,8,12H2,1-2H3,(H2,20,21,23)/t18-/m1/s1. The maximum Gasteiger partial charge on any atom is 0.319 e. The topological polar surface area (TPSA) is 78.5 Å². The number of nitrogens with one attached hydrogen (secondary N) is 2. The minimum absolute atomic E-state index is 0.0337. The van der Waals surface area contributed by atoms with Crippen LogP contribution in [-0.4, -0.2) is 32.8 Å². The van der Waals surface area contributed by atoms with Gasteiger partial charge in [0, 0.05) is 19.8 Å². The van der Waals surface area contributed by atoms with Gasteiger partial charge in [0.25, 0.3) is 0 Å². The van der Waals surface area contributed by atoms with Gasteiger partial charge in [-0.1, -0.05) is 30.3 Å². The fourth-order valence-corrected chi connectivity index (χ4v) is 4.12. The predicted octanol–water partition coefficient (Wildman–Crippen LogP) is 3.14. The van der Waals surface area contributed by atoms with E-state index in [1.807, 2.05) is 18.2 Å². The minimum Gasteiger partial charge on any atom is -0.331 e. The highest BCUT2D eigenvalue weighted by Gasteiger charge is 2.22. The molecule has 0 saturated carbocycles. The monoisotopic (exact) mass is 373 g/mol. The van der Waals surface area contributed by atoms with Gasteiger partial charge in [-0.15, -0.1) is 0 Å². The average molecular weight is 373 g/mol. The Balaban J connectivity index is 1.72. The average Bonchev–Trinajstić information content (AvgIpc) is 2.62. The molecule has 1 atom stereocenters. The molecule has 2 aromatic carbocycles. The number of nitrogens with zero attached hydrogens (tertiary/aromatic N) is 1. The Bertz CT molecular complexity index is 910. The second kappa shape index (κ2) is 7.47. The second-order valence-electron chi connectivity index (χ2n) is 6.56. The van der Waals surface area contributed by atoms with E-state index in [2.05, 4.69) is 16.7 Å². The summed E-state index contributed by atoms with van der Waals surface area (Å²) >= 11 is 0. The number of carbonyl (C=O) groups is 1. The Hall–Kier alpha value is -2.38. The molecular weight excluding hydrogens is 350 g/mol. The normalized spacial score (nSPS) is 16.8. The molecule has 26 heavy (non-hydrogen) atoms. The first-order valence-corrected chi connectivity index (χ1v) is 10.00. The van der Waals surface area contributed by atoms with Crippen LogP contribution in [0, 0.1) is 0 Å². The molecule has 0 radical (unpaired) electrons. The van der Waals surface area contributed by atoms with E-state index in [1.165, 1.54) is 31.8 Å². The van der Waals surface area contributed by atoms with Crippen LogP contribution in [0.15, 0.2) is 53.4 Å². The second-order valence-corrected chi connectivity index (χ2v) is 8.71. The van der Waals surface area contributed by atoms with E-state index in [-0.39, 0.29) is 17.0 Å². The first kappa shape index (κ1) is 18.4. The Morgan fingerprint density at radius 3 is 2.65 bits per heavy atom. The van der Waals surface area contributed by atoms with Crippen LogP contribution in [0.4, 0.5) is 10.5 Å². The molecule has 0 spiro atoms. The van der Waals surface area contributed by atoms with E-state index in [9.17, 15) is 13.2 Å². The number of rotatable bonds is 4. The van der Waals surface area contributed by atoms with E-state index < -0.39 is 10.0 Å². The van der Waals surface area contributed by atoms with Gasteiger partial charge in [-0.3, -0.25) is 0 Å². The van der Waals surface area contributed by atoms with E-state index in [4.69, 9.17) is 0 Å². The highest BCUT2D eigenvalue weighted by molar-refractivity contribution is 7.89. The Morgan fingerprint density at radius 2 is 1.88 bits per heavy atom. The number of fused-ring (bicyclic) bond motifs is 1. The lowest BCUT2D eigenvalue weighted by Gasteiger charge is -2.26. The summed E-state index contributed by atoms with van der Waals surface area (Å²) in [5, 5.41) is 5.73. The Kier molecular flexibility index (Phi) is 5.29. The van der Waals surface area contributed by atoms with Gasteiger partial charge < -0.3 is 10.6 Å². The summed E-state index contributed by atoms with van der Waals surface area (Å²) in [6.45, 7) is 0. The van der Waals surface area contributed by atoms with E-state index in [0.717, 1.165) is 29.1 Å². The van der Waals surface area contributed by atoms with Crippen molar-refractivity contribution in [3.05, 3.63) is 59.7 Å². The molecule has 2 N–H and O–H groups in total. The van der Waals surface area contributed by atoms with Crippen LogP contribution in [0.1, 0.15) is 30.0 Å². The van der Waals surface area contributed by atoms with Gasteiger partial charge in [-0.25, -0.2) is 17.5 Å². The van der Waals surface area contributed by atoms with Crippen LogP contribution in [0.5, 0.6) is 0 Å². The van der Waals surface area contributed by atoms with Crippen molar-refractivity contribution in [3.63, 3.8) is 0 Å². The lowest BCUT2D eigenvalue weighted by molar-refractivity contribution is 0.247. The number of aryl methyl sites for hydroxylation is 1. The number of anilines is 1. The maximum atomic E-state index is 12.4. The lowest BCUT2D eigenvalue weighted by Crippen LogP contribution is -2.34. The van der Waals surface area contributed by atoms with Crippen LogP contribution < -0.4 is 10.6 Å². The zero-order valence-electron chi connectivity index (χ0n) is 14.9. The van der Waals surface area contributed by atoms with E-state index >= 15 is 0 Å².